The summed E-state index contributed by atoms with van der Waals surface area (Å²) in [5, 5.41) is 9.53. The maximum atomic E-state index is 11.7. The number of Topliss-reactive ketones (excluding diaryl/α,β-unsaturated/α-hetero) is 1. The largest absolute Gasteiger partial charge is 0.508 e. The van der Waals surface area contributed by atoms with Gasteiger partial charge in [0.1, 0.15) is 12.4 Å². The van der Waals surface area contributed by atoms with Crippen LogP contribution < -0.4 is 0 Å². The smallest absolute Gasteiger partial charge is 0.188 e. The number of ether oxygens (including phenoxy) is 1. The normalized spacial score (nSPS) is 10.2. The first-order chi connectivity index (χ1) is 8.77. The summed E-state index contributed by atoms with van der Waals surface area (Å²) in [4.78, 5) is 11.7. The Morgan fingerprint density at radius 1 is 1.00 bits per heavy atom. The summed E-state index contributed by atoms with van der Waals surface area (Å²) in [6.45, 7) is 0.240. The molecule has 3 nitrogen and oxygen atoms in total. The first-order valence-corrected chi connectivity index (χ1v) is 5.70. The topological polar surface area (TPSA) is 46.5 Å². The van der Waals surface area contributed by atoms with Gasteiger partial charge in [0, 0.05) is 11.1 Å². The molecule has 2 aromatic carbocycles. The van der Waals surface area contributed by atoms with E-state index in [0.29, 0.717) is 11.1 Å². The van der Waals surface area contributed by atoms with Crippen molar-refractivity contribution in [3.63, 3.8) is 0 Å². The molecule has 0 aromatic heterocycles. The van der Waals surface area contributed by atoms with Crippen LogP contribution in [-0.2, 0) is 11.3 Å². The number of para-hydroxylation sites is 1. The number of phenolic OH excluding ortho intramolecular Hbond substituents is 1. The van der Waals surface area contributed by atoms with Crippen LogP contribution in [-0.4, -0.2) is 17.5 Å². The van der Waals surface area contributed by atoms with Crippen molar-refractivity contribution in [3.05, 3.63) is 65.7 Å². The summed E-state index contributed by atoms with van der Waals surface area (Å²) in [6, 6.07) is 15.9. The van der Waals surface area contributed by atoms with Gasteiger partial charge in [-0.2, -0.15) is 0 Å². The van der Waals surface area contributed by atoms with Crippen molar-refractivity contribution in [3.8, 4) is 5.75 Å². The van der Waals surface area contributed by atoms with Crippen molar-refractivity contribution < 1.29 is 14.6 Å². The molecule has 0 heterocycles. The van der Waals surface area contributed by atoms with Crippen LogP contribution in [0.25, 0.3) is 0 Å². The Bertz CT molecular complexity index is 520. The molecule has 18 heavy (non-hydrogen) atoms. The molecule has 0 bridgehead atoms. The number of aromatic hydroxyl groups is 1. The molecule has 0 aliphatic carbocycles. The molecular weight excluding hydrogens is 228 g/mol. The zero-order valence-corrected chi connectivity index (χ0v) is 9.87. The van der Waals surface area contributed by atoms with Gasteiger partial charge in [0.05, 0.1) is 6.61 Å². The van der Waals surface area contributed by atoms with Crippen molar-refractivity contribution in [1.29, 1.82) is 0 Å². The van der Waals surface area contributed by atoms with Gasteiger partial charge in [-0.15, -0.1) is 0 Å². The van der Waals surface area contributed by atoms with Crippen LogP contribution in [0.2, 0.25) is 0 Å². The fourth-order valence-electron chi connectivity index (χ4n) is 1.59. The molecule has 0 unspecified atom stereocenters. The number of ketones is 1. The lowest BCUT2D eigenvalue weighted by molar-refractivity contribution is 0.0722. The molecule has 0 spiro atoms. The van der Waals surface area contributed by atoms with Crippen LogP contribution in [0.15, 0.2) is 54.6 Å². The number of carbonyl (C=O) groups excluding carboxylic acids is 1. The van der Waals surface area contributed by atoms with Gasteiger partial charge in [-0.05, 0) is 6.07 Å². The Morgan fingerprint density at radius 3 is 2.39 bits per heavy atom. The lowest BCUT2D eigenvalue weighted by atomic mass is 10.1. The van der Waals surface area contributed by atoms with E-state index in [-0.39, 0.29) is 24.7 Å². The third-order valence-electron chi connectivity index (χ3n) is 2.58. The molecule has 0 radical (unpaired) electrons. The van der Waals surface area contributed by atoms with Crippen LogP contribution in [0.1, 0.15) is 15.9 Å². The van der Waals surface area contributed by atoms with Crippen molar-refractivity contribution in [2.75, 3.05) is 6.61 Å². The van der Waals surface area contributed by atoms with E-state index >= 15 is 0 Å². The molecule has 0 saturated carbocycles. The van der Waals surface area contributed by atoms with Crippen LogP contribution in [0, 0.1) is 0 Å². The monoisotopic (exact) mass is 242 g/mol. The third-order valence-corrected chi connectivity index (χ3v) is 2.58. The van der Waals surface area contributed by atoms with Crippen LogP contribution >= 0.6 is 0 Å². The Kier molecular flexibility index (Phi) is 4.10. The molecule has 2 aromatic rings. The molecule has 0 saturated heterocycles. The Labute approximate surface area is 106 Å². The van der Waals surface area contributed by atoms with Crippen molar-refractivity contribution >= 4 is 5.78 Å². The second-order valence-electron chi connectivity index (χ2n) is 3.91. The van der Waals surface area contributed by atoms with E-state index in [1.54, 1.807) is 30.3 Å². The van der Waals surface area contributed by atoms with Gasteiger partial charge in [0.15, 0.2) is 5.78 Å². The highest BCUT2D eigenvalue weighted by Gasteiger charge is 2.06. The number of hydrogen-bond donors (Lipinski definition) is 1. The van der Waals surface area contributed by atoms with Gasteiger partial charge in [-0.25, -0.2) is 0 Å². The number of carbonyl (C=O) groups is 1. The summed E-state index contributed by atoms with van der Waals surface area (Å²) in [6.07, 6.45) is 0. The van der Waals surface area contributed by atoms with Crippen molar-refractivity contribution in [1.82, 2.24) is 0 Å². The lowest BCUT2D eigenvalue weighted by Crippen LogP contribution is -2.08. The minimum atomic E-state index is -0.0639. The van der Waals surface area contributed by atoms with Crippen molar-refractivity contribution in [2.24, 2.45) is 0 Å². The van der Waals surface area contributed by atoms with Gasteiger partial charge < -0.3 is 9.84 Å². The van der Waals surface area contributed by atoms with E-state index in [0.717, 1.165) is 0 Å². The second-order valence-corrected chi connectivity index (χ2v) is 3.91. The van der Waals surface area contributed by atoms with E-state index in [4.69, 9.17) is 4.74 Å². The highest BCUT2D eigenvalue weighted by atomic mass is 16.5. The number of rotatable bonds is 5. The van der Waals surface area contributed by atoms with Crippen LogP contribution in [0.5, 0.6) is 5.75 Å². The standard InChI is InChI=1S/C15H14O3/c16-14-9-5-4-8-13(14)10-18-11-15(17)12-6-2-1-3-7-12/h1-9,16H,10-11H2. The van der Waals surface area contributed by atoms with E-state index in [1.165, 1.54) is 0 Å². The summed E-state index contributed by atoms with van der Waals surface area (Å²) >= 11 is 0. The lowest BCUT2D eigenvalue weighted by Gasteiger charge is -2.05. The molecule has 0 aliphatic heterocycles. The van der Waals surface area contributed by atoms with E-state index in [2.05, 4.69) is 0 Å². The molecule has 3 heteroatoms. The maximum absolute atomic E-state index is 11.7. The highest BCUT2D eigenvalue weighted by molar-refractivity contribution is 5.96. The molecule has 92 valence electrons. The van der Waals surface area contributed by atoms with E-state index in [9.17, 15) is 9.90 Å². The molecule has 0 amide bonds. The molecular formula is C15H14O3. The first kappa shape index (κ1) is 12.3. The minimum absolute atomic E-state index is 0.0122. The predicted molar refractivity (Wildman–Crippen MR) is 68.5 cm³/mol. The number of benzene rings is 2. The fraction of sp³-hybridized carbons (Fsp3) is 0.133. The molecule has 1 N–H and O–H groups in total. The highest BCUT2D eigenvalue weighted by Crippen LogP contribution is 2.16. The molecule has 0 aliphatic rings. The van der Waals surface area contributed by atoms with Gasteiger partial charge in [-0.3, -0.25) is 4.79 Å². The second kappa shape index (κ2) is 5.98. The number of phenols is 1. The van der Waals surface area contributed by atoms with Gasteiger partial charge >= 0.3 is 0 Å². The number of hydrogen-bond acceptors (Lipinski definition) is 3. The minimum Gasteiger partial charge on any atom is -0.508 e. The average molecular weight is 242 g/mol. The SMILES string of the molecule is O=C(COCc1ccccc1O)c1ccccc1. The first-order valence-electron chi connectivity index (χ1n) is 5.70. The fourth-order valence-corrected chi connectivity index (χ4v) is 1.59. The zero-order chi connectivity index (χ0) is 12.8. The van der Waals surface area contributed by atoms with E-state index in [1.807, 2.05) is 24.3 Å². The van der Waals surface area contributed by atoms with Crippen LogP contribution in [0.4, 0.5) is 0 Å². The average Bonchev–Trinajstić information content (AvgIpc) is 2.42. The molecule has 0 fully saturated rings. The van der Waals surface area contributed by atoms with E-state index < -0.39 is 0 Å². The van der Waals surface area contributed by atoms with Gasteiger partial charge in [0.2, 0.25) is 0 Å². The zero-order valence-electron chi connectivity index (χ0n) is 9.87. The van der Waals surface area contributed by atoms with Crippen LogP contribution in [0.3, 0.4) is 0 Å². The Morgan fingerprint density at radius 2 is 1.67 bits per heavy atom. The summed E-state index contributed by atoms with van der Waals surface area (Å²) in [7, 11) is 0. The van der Waals surface area contributed by atoms with Gasteiger partial charge in [0.25, 0.3) is 0 Å². The third kappa shape index (κ3) is 3.18. The Hall–Kier alpha value is -2.13. The van der Waals surface area contributed by atoms with Gasteiger partial charge in [-0.1, -0.05) is 48.5 Å². The summed E-state index contributed by atoms with van der Waals surface area (Å²) in [5.41, 5.74) is 1.31. The van der Waals surface area contributed by atoms with Crippen molar-refractivity contribution in [2.45, 2.75) is 6.61 Å². The summed E-state index contributed by atoms with van der Waals surface area (Å²) in [5.74, 6) is 0.121. The summed E-state index contributed by atoms with van der Waals surface area (Å²) < 4.78 is 5.31. The molecule has 0 atom stereocenters. The Balaban J connectivity index is 1.86. The predicted octanol–water partition coefficient (Wildman–Crippen LogP) is 2.79. The maximum Gasteiger partial charge on any atom is 0.188 e. The quantitative estimate of drug-likeness (QED) is 0.820. The molecule has 2 rings (SSSR count).